The molecular weight excluding hydrogens is 208 g/mol. The van der Waals surface area contributed by atoms with Gasteiger partial charge in [0, 0.05) is 11.2 Å². The Morgan fingerprint density at radius 1 is 1.07 bits per heavy atom. The molecule has 2 nitrogen and oxygen atoms in total. The van der Waals surface area contributed by atoms with Crippen molar-refractivity contribution in [3.8, 4) is 0 Å². The Labute approximate surface area is 93.0 Å². The quantitative estimate of drug-likeness (QED) is 0.646. The van der Waals surface area contributed by atoms with Crippen molar-refractivity contribution in [2.45, 2.75) is 45.4 Å². The molecule has 3 heteroatoms. The summed E-state index contributed by atoms with van der Waals surface area (Å²) in [6, 6.07) is 0. The summed E-state index contributed by atoms with van der Waals surface area (Å²) in [5, 5.41) is 0. The molecule has 0 aliphatic heterocycles. The lowest BCUT2D eigenvalue weighted by Gasteiger charge is -2.08. The molecular formula is C12H20O2S. The smallest absolute Gasteiger partial charge is 0.171 e. The highest BCUT2D eigenvalue weighted by atomic mass is 32.2. The van der Waals surface area contributed by atoms with Crippen LogP contribution in [0.3, 0.4) is 0 Å². The normalized spacial score (nSPS) is 27.3. The van der Waals surface area contributed by atoms with Crippen LogP contribution in [0.4, 0.5) is 0 Å². The van der Waals surface area contributed by atoms with Crippen molar-refractivity contribution >= 4 is 9.84 Å². The third-order valence-electron chi connectivity index (χ3n) is 2.75. The second-order valence-electron chi connectivity index (χ2n) is 4.28. The third-order valence-corrected chi connectivity index (χ3v) is 4.08. The lowest BCUT2D eigenvalue weighted by molar-refractivity contribution is 0.603. The minimum absolute atomic E-state index is 0.635. The SMILES string of the molecule is C/C1=C/CC/C=C(/S(C)(=O)=O)CCCC1. The van der Waals surface area contributed by atoms with Crippen LogP contribution in [0.15, 0.2) is 22.6 Å². The summed E-state index contributed by atoms with van der Waals surface area (Å²) in [5.41, 5.74) is 1.44. The van der Waals surface area contributed by atoms with Crippen LogP contribution in [0.5, 0.6) is 0 Å². The Morgan fingerprint density at radius 3 is 2.33 bits per heavy atom. The second-order valence-corrected chi connectivity index (χ2v) is 6.35. The van der Waals surface area contributed by atoms with Crippen molar-refractivity contribution in [2.24, 2.45) is 0 Å². The molecule has 0 atom stereocenters. The van der Waals surface area contributed by atoms with Gasteiger partial charge >= 0.3 is 0 Å². The minimum Gasteiger partial charge on any atom is -0.224 e. The van der Waals surface area contributed by atoms with E-state index in [1.54, 1.807) is 0 Å². The highest BCUT2D eigenvalue weighted by Gasteiger charge is 2.10. The summed E-state index contributed by atoms with van der Waals surface area (Å²) in [6.07, 6.45) is 11.1. The Kier molecular flexibility index (Phi) is 4.58. The Morgan fingerprint density at radius 2 is 1.67 bits per heavy atom. The van der Waals surface area contributed by atoms with Gasteiger partial charge in [0.2, 0.25) is 0 Å². The molecule has 0 bridgehead atoms. The van der Waals surface area contributed by atoms with Gasteiger partial charge in [0.1, 0.15) is 0 Å². The minimum atomic E-state index is -2.97. The fourth-order valence-electron chi connectivity index (χ4n) is 1.82. The maximum absolute atomic E-state index is 11.4. The first kappa shape index (κ1) is 12.5. The van der Waals surface area contributed by atoms with E-state index in [-0.39, 0.29) is 0 Å². The van der Waals surface area contributed by atoms with E-state index in [0.29, 0.717) is 11.3 Å². The van der Waals surface area contributed by atoms with Gasteiger partial charge in [0.15, 0.2) is 9.84 Å². The molecule has 1 rings (SSSR count). The van der Waals surface area contributed by atoms with Gasteiger partial charge in [-0.25, -0.2) is 8.42 Å². The summed E-state index contributed by atoms with van der Waals surface area (Å²) in [7, 11) is -2.97. The maximum atomic E-state index is 11.4. The van der Waals surface area contributed by atoms with E-state index in [2.05, 4.69) is 13.0 Å². The van der Waals surface area contributed by atoms with Gasteiger partial charge in [-0.3, -0.25) is 0 Å². The van der Waals surface area contributed by atoms with Crippen LogP contribution < -0.4 is 0 Å². The molecule has 1 aliphatic rings. The van der Waals surface area contributed by atoms with Crippen molar-refractivity contribution in [2.75, 3.05) is 6.26 Å². The van der Waals surface area contributed by atoms with Crippen molar-refractivity contribution in [1.82, 2.24) is 0 Å². The highest BCUT2D eigenvalue weighted by Crippen LogP contribution is 2.19. The van der Waals surface area contributed by atoms with Crippen molar-refractivity contribution in [3.05, 3.63) is 22.6 Å². The number of rotatable bonds is 1. The summed E-state index contributed by atoms with van der Waals surface area (Å²) in [4.78, 5) is 0.635. The van der Waals surface area contributed by atoms with Gasteiger partial charge < -0.3 is 0 Å². The van der Waals surface area contributed by atoms with Crippen molar-refractivity contribution in [3.63, 3.8) is 0 Å². The summed E-state index contributed by atoms with van der Waals surface area (Å²) in [5.74, 6) is 0. The van der Waals surface area contributed by atoms with Gasteiger partial charge in [0.25, 0.3) is 0 Å². The number of sulfone groups is 1. The molecule has 0 N–H and O–H groups in total. The first-order valence-corrected chi connectivity index (χ1v) is 7.44. The molecule has 0 heterocycles. The third kappa shape index (κ3) is 4.65. The number of allylic oxidation sites excluding steroid dienone is 4. The van der Waals surface area contributed by atoms with Crippen LogP contribution in [-0.4, -0.2) is 14.7 Å². The van der Waals surface area contributed by atoms with E-state index in [0.717, 1.165) is 32.1 Å². The monoisotopic (exact) mass is 228 g/mol. The predicted molar refractivity (Wildman–Crippen MR) is 64.4 cm³/mol. The average molecular weight is 228 g/mol. The van der Waals surface area contributed by atoms with Crippen molar-refractivity contribution < 1.29 is 8.42 Å². The van der Waals surface area contributed by atoms with Gasteiger partial charge in [-0.1, -0.05) is 17.7 Å². The predicted octanol–water partition coefficient (Wildman–Crippen LogP) is 3.22. The second kappa shape index (κ2) is 5.50. The van der Waals surface area contributed by atoms with Crippen LogP contribution in [0.1, 0.15) is 45.4 Å². The summed E-state index contributed by atoms with van der Waals surface area (Å²) >= 11 is 0. The molecule has 86 valence electrons. The zero-order valence-corrected chi connectivity index (χ0v) is 10.4. The standard InChI is InChI=1S/C12H20O2S/c1-11-7-3-5-9-12(15(2,13)14)10-6-4-8-11/h7,9H,3-6,8,10H2,1-2H3/b11-7-,12-9+. The Hall–Kier alpha value is -0.570. The molecule has 0 amide bonds. The van der Waals surface area contributed by atoms with E-state index >= 15 is 0 Å². The summed E-state index contributed by atoms with van der Waals surface area (Å²) < 4.78 is 22.9. The fraction of sp³-hybridized carbons (Fsp3) is 0.667. The largest absolute Gasteiger partial charge is 0.224 e. The molecule has 0 fully saturated rings. The lowest BCUT2D eigenvalue weighted by Crippen LogP contribution is -2.02. The first-order valence-electron chi connectivity index (χ1n) is 5.55. The van der Waals surface area contributed by atoms with E-state index in [1.165, 1.54) is 11.8 Å². The van der Waals surface area contributed by atoms with E-state index in [1.807, 2.05) is 6.08 Å². The summed E-state index contributed by atoms with van der Waals surface area (Å²) in [6.45, 7) is 2.16. The Bertz CT molecular complexity index is 361. The average Bonchev–Trinajstić information content (AvgIpc) is 2.14. The van der Waals surface area contributed by atoms with Crippen LogP contribution in [0, 0.1) is 0 Å². The molecule has 0 spiro atoms. The van der Waals surface area contributed by atoms with E-state index in [4.69, 9.17) is 0 Å². The molecule has 0 unspecified atom stereocenters. The molecule has 0 radical (unpaired) electrons. The maximum Gasteiger partial charge on any atom is 0.171 e. The first-order chi connectivity index (χ1) is 7.00. The van der Waals surface area contributed by atoms with Gasteiger partial charge in [-0.15, -0.1) is 0 Å². The van der Waals surface area contributed by atoms with Crippen LogP contribution in [0.25, 0.3) is 0 Å². The Balaban J connectivity index is 2.74. The van der Waals surface area contributed by atoms with Crippen LogP contribution in [-0.2, 0) is 9.84 Å². The highest BCUT2D eigenvalue weighted by molar-refractivity contribution is 7.94. The van der Waals surface area contributed by atoms with Crippen LogP contribution in [0.2, 0.25) is 0 Å². The molecule has 1 aliphatic carbocycles. The van der Waals surface area contributed by atoms with Crippen molar-refractivity contribution in [1.29, 1.82) is 0 Å². The van der Waals surface area contributed by atoms with Gasteiger partial charge in [0.05, 0.1) is 0 Å². The molecule has 0 aromatic heterocycles. The van der Waals surface area contributed by atoms with Gasteiger partial charge in [-0.05, 0) is 45.4 Å². The topological polar surface area (TPSA) is 34.1 Å². The molecule has 0 aromatic rings. The molecule has 0 saturated carbocycles. The lowest BCUT2D eigenvalue weighted by atomic mass is 10.0. The molecule has 15 heavy (non-hydrogen) atoms. The number of hydrogen-bond donors (Lipinski definition) is 0. The van der Waals surface area contributed by atoms with Crippen LogP contribution >= 0.6 is 0 Å². The van der Waals surface area contributed by atoms with E-state index < -0.39 is 9.84 Å². The van der Waals surface area contributed by atoms with E-state index in [9.17, 15) is 8.42 Å². The zero-order valence-electron chi connectivity index (χ0n) is 9.62. The fourth-order valence-corrected chi connectivity index (χ4v) is 2.75. The van der Waals surface area contributed by atoms with Gasteiger partial charge in [-0.2, -0.15) is 0 Å². The molecule has 0 aromatic carbocycles. The molecule has 0 saturated heterocycles. The zero-order chi connectivity index (χ0) is 11.3. The number of hydrogen-bond acceptors (Lipinski definition) is 2.